The maximum absolute atomic E-state index is 17.6. The quantitative estimate of drug-likeness (QED) is 0.0683. The summed E-state index contributed by atoms with van der Waals surface area (Å²) >= 11 is 0. The number of esters is 1. The van der Waals surface area contributed by atoms with E-state index in [2.05, 4.69) is 0 Å². The maximum atomic E-state index is 17.6. The minimum Gasteiger partial charge on any atom is -0.466 e. The normalized spacial score (nSPS) is 20.9. The van der Waals surface area contributed by atoms with Crippen molar-refractivity contribution in [1.82, 2.24) is 0 Å². The fourth-order valence-electron chi connectivity index (χ4n) is 6.78. The van der Waals surface area contributed by atoms with Crippen LogP contribution in [0.3, 0.4) is 0 Å². The maximum Gasteiger partial charge on any atom is 0.305 e. The smallest absolute Gasteiger partial charge is 0.305 e. The van der Waals surface area contributed by atoms with E-state index in [1.165, 1.54) is 0 Å². The zero-order valence-corrected chi connectivity index (χ0v) is 32.1. The van der Waals surface area contributed by atoms with Crippen molar-refractivity contribution in [3.63, 3.8) is 0 Å². The fraction of sp³-hybridized carbons (Fsp3) is 0.340. The molecule has 8 nitrogen and oxygen atoms in total. The second-order valence-corrected chi connectivity index (χ2v) is 13.8. The number of ether oxygens (including phenoxy) is 7. The third-order valence-electron chi connectivity index (χ3n) is 9.68. The summed E-state index contributed by atoms with van der Waals surface area (Å²) < 4.78 is 79.8. The highest BCUT2D eigenvalue weighted by atomic mass is 19.3. The Hall–Kier alpha value is -4.81. The molecule has 0 aliphatic carbocycles. The number of carbonyl (C=O) groups excluding carboxylic acids is 1. The van der Waals surface area contributed by atoms with Crippen LogP contribution in [0.15, 0.2) is 152 Å². The zero-order chi connectivity index (χ0) is 39.8. The van der Waals surface area contributed by atoms with Crippen molar-refractivity contribution in [2.75, 3.05) is 13.2 Å². The molecule has 1 saturated heterocycles. The Kier molecular flexibility index (Phi) is 15.5. The Morgan fingerprint density at radius 3 is 1.49 bits per heavy atom. The number of halogens is 2. The van der Waals surface area contributed by atoms with Crippen LogP contribution < -0.4 is 0 Å². The van der Waals surface area contributed by atoms with Crippen molar-refractivity contribution in [1.29, 1.82) is 0 Å². The molecular formula is C47H50F2O8. The van der Waals surface area contributed by atoms with Crippen molar-refractivity contribution < 1.29 is 46.7 Å². The minimum atomic E-state index is -3.84. The van der Waals surface area contributed by atoms with Gasteiger partial charge in [0.25, 0.3) is 5.79 Å². The van der Waals surface area contributed by atoms with Crippen molar-refractivity contribution in [3.05, 3.63) is 179 Å². The third-order valence-corrected chi connectivity index (χ3v) is 9.68. The van der Waals surface area contributed by atoms with Gasteiger partial charge in [-0.3, -0.25) is 4.79 Å². The number of benzene rings is 5. The summed E-state index contributed by atoms with van der Waals surface area (Å²) in [4.78, 5) is 12.7. The molecule has 5 atom stereocenters. The van der Waals surface area contributed by atoms with Gasteiger partial charge in [0, 0.05) is 6.42 Å². The van der Waals surface area contributed by atoms with E-state index in [1.807, 2.05) is 127 Å². The van der Waals surface area contributed by atoms with Gasteiger partial charge in [-0.05, 0) is 34.7 Å². The van der Waals surface area contributed by atoms with Gasteiger partial charge in [0.05, 0.1) is 52.7 Å². The minimum absolute atomic E-state index is 0.0443. The first-order valence-electron chi connectivity index (χ1n) is 19.3. The van der Waals surface area contributed by atoms with E-state index in [-0.39, 0.29) is 46.2 Å². The van der Waals surface area contributed by atoms with Crippen LogP contribution in [-0.2, 0) is 71.0 Å². The van der Waals surface area contributed by atoms with E-state index in [0.717, 1.165) is 22.3 Å². The number of rotatable bonds is 21. The predicted octanol–water partition coefficient (Wildman–Crippen LogP) is 9.25. The first-order valence-corrected chi connectivity index (χ1v) is 19.3. The summed E-state index contributed by atoms with van der Waals surface area (Å²) in [7, 11) is 0. The Bertz CT molecular complexity index is 1890. The van der Waals surface area contributed by atoms with E-state index in [9.17, 15) is 4.79 Å². The van der Waals surface area contributed by atoms with Crippen molar-refractivity contribution in [2.24, 2.45) is 0 Å². The largest absolute Gasteiger partial charge is 0.466 e. The molecule has 1 aliphatic rings. The lowest BCUT2D eigenvalue weighted by atomic mass is 9.86. The molecule has 300 valence electrons. The zero-order valence-electron chi connectivity index (χ0n) is 32.1. The number of hydrogen-bond acceptors (Lipinski definition) is 8. The first-order chi connectivity index (χ1) is 27.9. The van der Waals surface area contributed by atoms with Gasteiger partial charge in [0.15, 0.2) is 0 Å². The van der Waals surface area contributed by atoms with Crippen molar-refractivity contribution >= 4 is 5.97 Å². The van der Waals surface area contributed by atoms with Crippen molar-refractivity contribution in [3.8, 4) is 0 Å². The Morgan fingerprint density at radius 2 is 1.02 bits per heavy atom. The van der Waals surface area contributed by atoms with Crippen LogP contribution >= 0.6 is 0 Å². The highest BCUT2D eigenvalue weighted by Gasteiger charge is 2.69. The molecule has 0 amide bonds. The summed E-state index contributed by atoms with van der Waals surface area (Å²) in [5.41, 5.74) is 3.93. The van der Waals surface area contributed by atoms with Gasteiger partial charge in [0.2, 0.25) is 0 Å². The molecule has 6 rings (SSSR count). The predicted molar refractivity (Wildman–Crippen MR) is 211 cm³/mol. The van der Waals surface area contributed by atoms with E-state index < -0.39 is 54.9 Å². The van der Waals surface area contributed by atoms with Crippen LogP contribution in [0.5, 0.6) is 0 Å². The summed E-state index contributed by atoms with van der Waals surface area (Å²) in [5, 5.41) is 0. The van der Waals surface area contributed by atoms with E-state index in [4.69, 9.17) is 33.2 Å². The molecule has 0 aromatic heterocycles. The molecule has 0 N–H and O–H groups in total. The molecule has 0 radical (unpaired) electrons. The first kappa shape index (κ1) is 41.8. The molecule has 10 heteroatoms. The summed E-state index contributed by atoms with van der Waals surface area (Å²) in [6, 6.07) is 46.8. The van der Waals surface area contributed by atoms with Crippen LogP contribution in [0.4, 0.5) is 8.78 Å². The third kappa shape index (κ3) is 11.6. The molecule has 0 bridgehead atoms. The Labute approximate surface area is 333 Å². The molecule has 0 saturated carbocycles. The van der Waals surface area contributed by atoms with E-state index in [0.29, 0.717) is 5.56 Å². The average molecular weight is 781 g/mol. The molecule has 5 aromatic carbocycles. The molecule has 1 aliphatic heterocycles. The number of carbonyl (C=O) groups is 1. The van der Waals surface area contributed by atoms with Crippen LogP contribution in [0.1, 0.15) is 47.6 Å². The molecule has 5 unspecified atom stereocenters. The van der Waals surface area contributed by atoms with Gasteiger partial charge in [-0.2, -0.15) is 0 Å². The summed E-state index contributed by atoms with van der Waals surface area (Å²) in [5.74, 6) is -7.41. The van der Waals surface area contributed by atoms with Gasteiger partial charge >= 0.3 is 11.9 Å². The van der Waals surface area contributed by atoms with Crippen LogP contribution in [0.25, 0.3) is 0 Å². The fourth-order valence-corrected chi connectivity index (χ4v) is 6.78. The second kappa shape index (κ2) is 21.1. The lowest BCUT2D eigenvalue weighted by molar-refractivity contribution is -0.439. The van der Waals surface area contributed by atoms with Crippen molar-refractivity contribution in [2.45, 2.75) is 88.9 Å². The molecule has 5 aromatic rings. The summed E-state index contributed by atoms with van der Waals surface area (Å²) in [6.07, 6.45) is -6.47. The van der Waals surface area contributed by atoms with Crippen LogP contribution in [0, 0.1) is 0 Å². The van der Waals surface area contributed by atoms with Gasteiger partial charge < -0.3 is 33.2 Å². The average Bonchev–Trinajstić information content (AvgIpc) is 3.25. The van der Waals surface area contributed by atoms with Gasteiger partial charge in [-0.25, -0.2) is 8.78 Å². The lowest BCUT2D eigenvalue weighted by Gasteiger charge is -2.54. The topological polar surface area (TPSA) is 81.7 Å². The SMILES string of the molecule is CCOC(=O)CCC(F)(F)C1(OCc2ccccc2)OC(COCc2ccccc2)C(OCc2ccccc2)C(OCc2ccccc2)C1OCc1ccccc1. The number of alkyl halides is 2. The standard InChI is InChI=1S/C47H50F2O8/c1-2-52-42(50)28-29-46(48,49)47(56-34-40-26-16-7-17-27-40)45(55-33-39-24-14-6-15-25-39)44(54-32-38-22-12-5-13-23-38)43(53-31-37-20-10-4-11-21-37)41(57-47)35-51-30-36-18-8-3-9-19-36/h3-27,41,43-45H,2,28-35H2,1H3. The molecular weight excluding hydrogens is 731 g/mol. The highest BCUT2D eigenvalue weighted by molar-refractivity contribution is 5.69. The van der Waals surface area contributed by atoms with Gasteiger partial charge in [-0.15, -0.1) is 0 Å². The molecule has 1 heterocycles. The monoisotopic (exact) mass is 780 g/mol. The number of hydrogen-bond donors (Lipinski definition) is 0. The van der Waals surface area contributed by atoms with Gasteiger partial charge in [0.1, 0.15) is 24.4 Å². The Balaban J connectivity index is 1.46. The Morgan fingerprint density at radius 1 is 0.596 bits per heavy atom. The highest BCUT2D eigenvalue weighted by Crippen LogP contribution is 2.49. The van der Waals surface area contributed by atoms with E-state index >= 15 is 8.78 Å². The molecule has 0 spiro atoms. The second-order valence-electron chi connectivity index (χ2n) is 13.8. The molecule has 57 heavy (non-hydrogen) atoms. The van der Waals surface area contributed by atoms with E-state index in [1.54, 1.807) is 31.2 Å². The van der Waals surface area contributed by atoms with Crippen LogP contribution in [-0.4, -0.2) is 55.3 Å². The van der Waals surface area contributed by atoms with Gasteiger partial charge in [-0.1, -0.05) is 152 Å². The van der Waals surface area contributed by atoms with Crippen LogP contribution in [0.2, 0.25) is 0 Å². The lowest BCUT2D eigenvalue weighted by Crippen LogP contribution is -2.73. The summed E-state index contributed by atoms with van der Waals surface area (Å²) in [6.45, 7) is 1.53. The molecule has 1 fully saturated rings.